The molecule has 2 heterocycles. The third kappa shape index (κ3) is 5.85. The van der Waals surface area contributed by atoms with Crippen molar-refractivity contribution in [3.8, 4) is 11.3 Å². The van der Waals surface area contributed by atoms with E-state index in [2.05, 4.69) is 20.2 Å². The molecule has 9 heteroatoms. The number of nitrogens with one attached hydrogen (secondary N) is 1. The van der Waals surface area contributed by atoms with Crippen LogP contribution in [0.3, 0.4) is 0 Å². The Morgan fingerprint density at radius 3 is 2.77 bits per heavy atom. The molecular formula is C26H25ClFN5O2. The van der Waals surface area contributed by atoms with Gasteiger partial charge in [-0.1, -0.05) is 29.8 Å². The van der Waals surface area contributed by atoms with Crippen molar-refractivity contribution in [1.82, 2.24) is 4.98 Å². The minimum atomic E-state index is -0.524. The van der Waals surface area contributed by atoms with Gasteiger partial charge in [-0.3, -0.25) is 9.79 Å². The number of hydrogen-bond donors (Lipinski definition) is 2. The van der Waals surface area contributed by atoms with Crippen molar-refractivity contribution in [3.05, 3.63) is 89.0 Å². The SMILES string of the molecule is CN=C/C(=C\N)C1CN(c2cc(C(=O)Nc3ccccc3)nc(-c3ccc(Cl)cc3F)c2)CCO1. The topological polar surface area (TPSA) is 92.8 Å². The van der Waals surface area contributed by atoms with Crippen LogP contribution in [-0.4, -0.2) is 50.0 Å². The number of halogens is 2. The molecule has 1 amide bonds. The van der Waals surface area contributed by atoms with Gasteiger partial charge in [0.15, 0.2) is 0 Å². The van der Waals surface area contributed by atoms with Crippen LogP contribution in [0.25, 0.3) is 11.3 Å². The lowest BCUT2D eigenvalue weighted by molar-refractivity contribution is 0.0679. The summed E-state index contributed by atoms with van der Waals surface area (Å²) in [6, 6.07) is 16.9. The summed E-state index contributed by atoms with van der Waals surface area (Å²) in [5.74, 6) is -0.928. The molecule has 0 spiro atoms. The molecule has 1 unspecified atom stereocenters. The molecule has 0 aliphatic carbocycles. The molecule has 35 heavy (non-hydrogen) atoms. The molecule has 7 nitrogen and oxygen atoms in total. The maximum Gasteiger partial charge on any atom is 0.274 e. The number of carbonyl (C=O) groups is 1. The number of aromatic nitrogens is 1. The van der Waals surface area contributed by atoms with Crippen molar-refractivity contribution in [2.45, 2.75) is 6.10 Å². The minimum Gasteiger partial charge on any atom is -0.404 e. The molecule has 2 aromatic carbocycles. The molecule has 4 rings (SSSR count). The van der Waals surface area contributed by atoms with E-state index in [1.54, 1.807) is 49.7 Å². The van der Waals surface area contributed by atoms with Gasteiger partial charge in [0.1, 0.15) is 17.6 Å². The van der Waals surface area contributed by atoms with Crippen molar-refractivity contribution >= 4 is 35.1 Å². The molecule has 3 aromatic rings. The van der Waals surface area contributed by atoms with Gasteiger partial charge >= 0.3 is 0 Å². The summed E-state index contributed by atoms with van der Waals surface area (Å²) in [5.41, 5.74) is 8.58. The third-order valence-corrected chi connectivity index (χ3v) is 5.79. The quantitative estimate of drug-likeness (QED) is 0.492. The van der Waals surface area contributed by atoms with Gasteiger partial charge in [-0.2, -0.15) is 0 Å². The van der Waals surface area contributed by atoms with Crippen molar-refractivity contribution in [3.63, 3.8) is 0 Å². The second-order valence-electron chi connectivity index (χ2n) is 7.90. The zero-order chi connectivity index (χ0) is 24.8. The van der Waals surface area contributed by atoms with Crippen LogP contribution in [0.1, 0.15) is 10.5 Å². The number of para-hydroxylation sites is 1. The highest BCUT2D eigenvalue weighted by molar-refractivity contribution is 6.30. The first-order valence-electron chi connectivity index (χ1n) is 11.0. The number of nitrogens with two attached hydrogens (primary N) is 1. The highest BCUT2D eigenvalue weighted by atomic mass is 35.5. The highest BCUT2D eigenvalue weighted by Crippen LogP contribution is 2.29. The van der Waals surface area contributed by atoms with E-state index in [1.807, 2.05) is 18.2 Å². The Bertz CT molecular complexity index is 1270. The van der Waals surface area contributed by atoms with Crippen molar-refractivity contribution in [1.29, 1.82) is 0 Å². The standard InChI is InChI=1S/C26H25ClFN5O2/c1-30-15-17(14-29)25-16-33(9-10-35-25)20-12-23(21-8-7-18(27)11-22(21)28)32-24(13-20)26(34)31-19-5-3-2-4-6-19/h2-8,11-15,25H,9-10,16,29H2,1H3,(H,31,34)/b17-14+,30-15?. The number of anilines is 2. The largest absolute Gasteiger partial charge is 0.404 e. The van der Waals surface area contributed by atoms with E-state index < -0.39 is 11.7 Å². The van der Waals surface area contributed by atoms with E-state index >= 15 is 0 Å². The number of hydrogen-bond acceptors (Lipinski definition) is 6. The summed E-state index contributed by atoms with van der Waals surface area (Å²) >= 11 is 5.94. The van der Waals surface area contributed by atoms with Crippen molar-refractivity contribution < 1.29 is 13.9 Å². The minimum absolute atomic E-state index is 0.156. The summed E-state index contributed by atoms with van der Waals surface area (Å²) in [4.78, 5) is 23.7. The molecule has 1 aliphatic rings. The maximum absolute atomic E-state index is 14.8. The first-order chi connectivity index (χ1) is 17.0. The third-order valence-electron chi connectivity index (χ3n) is 5.56. The number of benzene rings is 2. The number of amides is 1. The second kappa shape index (κ2) is 11.1. The molecule has 1 aliphatic heterocycles. The highest BCUT2D eigenvalue weighted by Gasteiger charge is 2.25. The molecule has 1 saturated heterocycles. The van der Waals surface area contributed by atoms with Gasteiger partial charge in [-0.25, -0.2) is 9.37 Å². The van der Waals surface area contributed by atoms with Crippen LogP contribution in [0.15, 0.2) is 77.4 Å². The Kier molecular flexibility index (Phi) is 7.74. The first kappa shape index (κ1) is 24.4. The van der Waals surface area contributed by atoms with Crippen LogP contribution in [0, 0.1) is 5.82 Å². The Morgan fingerprint density at radius 2 is 2.06 bits per heavy atom. The average Bonchev–Trinajstić information content (AvgIpc) is 2.87. The smallest absolute Gasteiger partial charge is 0.274 e. The maximum atomic E-state index is 14.8. The van der Waals surface area contributed by atoms with Crippen LogP contribution in [0.2, 0.25) is 5.02 Å². The number of ether oxygens (including phenoxy) is 1. The summed E-state index contributed by atoms with van der Waals surface area (Å²) in [6.07, 6.45) is 2.83. The van der Waals surface area contributed by atoms with Gasteiger partial charge in [0.2, 0.25) is 0 Å². The van der Waals surface area contributed by atoms with Crippen molar-refractivity contribution in [2.24, 2.45) is 10.7 Å². The fraction of sp³-hybridized carbons (Fsp3) is 0.192. The average molecular weight is 494 g/mol. The second-order valence-corrected chi connectivity index (χ2v) is 8.34. The molecule has 1 atom stereocenters. The molecule has 1 aromatic heterocycles. The molecule has 180 valence electrons. The number of pyridine rings is 1. The molecule has 0 bridgehead atoms. The number of aliphatic imine (C=N–C) groups is 1. The van der Waals surface area contributed by atoms with E-state index in [-0.39, 0.29) is 22.4 Å². The number of rotatable bonds is 6. The van der Waals surface area contributed by atoms with E-state index in [0.29, 0.717) is 36.8 Å². The Morgan fingerprint density at radius 1 is 1.26 bits per heavy atom. The first-order valence-corrected chi connectivity index (χ1v) is 11.4. The zero-order valence-corrected chi connectivity index (χ0v) is 19.9. The van der Waals surface area contributed by atoms with E-state index in [9.17, 15) is 9.18 Å². The molecule has 1 fully saturated rings. The van der Waals surface area contributed by atoms with Crippen LogP contribution < -0.4 is 16.0 Å². The predicted molar refractivity (Wildman–Crippen MR) is 138 cm³/mol. The number of carbonyl (C=O) groups excluding carboxylic acids is 1. The van der Waals surface area contributed by atoms with Crippen LogP contribution in [-0.2, 0) is 4.74 Å². The lowest BCUT2D eigenvalue weighted by Gasteiger charge is -2.35. The predicted octanol–water partition coefficient (Wildman–Crippen LogP) is 4.54. The fourth-order valence-corrected chi connectivity index (χ4v) is 3.99. The lowest BCUT2D eigenvalue weighted by atomic mass is 10.1. The van der Waals surface area contributed by atoms with Crippen LogP contribution >= 0.6 is 11.6 Å². The van der Waals surface area contributed by atoms with Gasteiger partial charge in [0, 0.05) is 60.1 Å². The van der Waals surface area contributed by atoms with Gasteiger partial charge in [-0.05, 0) is 42.5 Å². The monoisotopic (exact) mass is 493 g/mol. The molecule has 3 N–H and O–H groups in total. The number of morpholine rings is 1. The summed E-state index contributed by atoms with van der Waals surface area (Å²) in [5, 5.41) is 3.12. The number of nitrogens with zero attached hydrogens (tertiary/aromatic N) is 3. The molecule has 0 saturated carbocycles. The molecular weight excluding hydrogens is 469 g/mol. The normalized spacial score (nSPS) is 16.5. The summed E-state index contributed by atoms with van der Waals surface area (Å²) in [6.45, 7) is 1.49. The summed E-state index contributed by atoms with van der Waals surface area (Å²) < 4.78 is 20.7. The van der Waals surface area contributed by atoms with E-state index in [0.717, 1.165) is 5.57 Å². The Hall–Kier alpha value is -3.75. The zero-order valence-electron chi connectivity index (χ0n) is 19.1. The van der Waals surface area contributed by atoms with Gasteiger partial charge < -0.3 is 20.7 Å². The van der Waals surface area contributed by atoms with Gasteiger partial charge in [-0.15, -0.1) is 0 Å². The van der Waals surface area contributed by atoms with Crippen molar-refractivity contribution in [2.75, 3.05) is 37.0 Å². The van der Waals surface area contributed by atoms with Crippen LogP contribution in [0.4, 0.5) is 15.8 Å². The fourth-order valence-electron chi connectivity index (χ4n) is 3.83. The Labute approximate surface area is 208 Å². The lowest BCUT2D eigenvalue weighted by Crippen LogP contribution is -2.44. The summed E-state index contributed by atoms with van der Waals surface area (Å²) in [7, 11) is 1.66. The van der Waals surface area contributed by atoms with E-state index in [1.165, 1.54) is 12.3 Å². The molecule has 0 radical (unpaired) electrons. The Balaban J connectivity index is 1.73. The van der Waals surface area contributed by atoms with Crippen LogP contribution in [0.5, 0.6) is 0 Å². The van der Waals surface area contributed by atoms with E-state index in [4.69, 9.17) is 22.1 Å². The van der Waals surface area contributed by atoms with Gasteiger partial charge in [0.25, 0.3) is 5.91 Å². The van der Waals surface area contributed by atoms with Gasteiger partial charge in [0.05, 0.1) is 12.3 Å².